The van der Waals surface area contributed by atoms with Gasteiger partial charge in [0, 0.05) is 11.4 Å². The molecule has 0 aliphatic carbocycles. The number of aryl methyl sites for hydroxylation is 2. The molecule has 2 aromatic heterocycles. The van der Waals surface area contributed by atoms with Gasteiger partial charge in [-0.15, -0.1) is 0 Å². The van der Waals surface area contributed by atoms with Crippen LogP contribution in [0.1, 0.15) is 100 Å². The topological polar surface area (TPSA) is 25.8 Å². The molecule has 0 radical (unpaired) electrons. The molecular formula is C26H40N2. The fourth-order valence-corrected chi connectivity index (χ4v) is 4.97. The van der Waals surface area contributed by atoms with Crippen LogP contribution in [0.4, 0.5) is 0 Å². The van der Waals surface area contributed by atoms with Gasteiger partial charge >= 0.3 is 0 Å². The van der Waals surface area contributed by atoms with Gasteiger partial charge < -0.3 is 0 Å². The molecule has 0 aliphatic heterocycles. The molecule has 0 aromatic carbocycles. The molecule has 0 amide bonds. The third-order valence-electron chi connectivity index (χ3n) is 6.23. The first-order valence-electron chi connectivity index (χ1n) is 11.6. The highest BCUT2D eigenvalue weighted by atomic mass is 14.8. The van der Waals surface area contributed by atoms with Crippen molar-refractivity contribution in [1.82, 2.24) is 9.97 Å². The van der Waals surface area contributed by atoms with E-state index in [1.54, 1.807) is 0 Å². The van der Waals surface area contributed by atoms with E-state index in [-0.39, 0.29) is 0 Å². The second-order valence-electron chi connectivity index (χ2n) is 7.51. The Morgan fingerprint density at radius 2 is 0.643 bits per heavy atom. The van der Waals surface area contributed by atoms with E-state index < -0.39 is 0 Å². The molecule has 0 aliphatic rings. The van der Waals surface area contributed by atoms with Crippen molar-refractivity contribution in [3.63, 3.8) is 0 Å². The number of pyridine rings is 2. The zero-order valence-corrected chi connectivity index (χ0v) is 19.6. The van der Waals surface area contributed by atoms with E-state index in [9.17, 15) is 0 Å². The summed E-state index contributed by atoms with van der Waals surface area (Å²) in [5, 5.41) is 0. The molecule has 0 unspecified atom stereocenters. The van der Waals surface area contributed by atoms with Crippen LogP contribution >= 0.6 is 0 Å². The Hall–Kier alpha value is -1.70. The lowest BCUT2D eigenvalue weighted by Gasteiger charge is -2.23. The second kappa shape index (κ2) is 10.2. The molecule has 2 rings (SSSR count). The van der Waals surface area contributed by atoms with Crippen molar-refractivity contribution in [2.75, 3.05) is 0 Å². The maximum Gasteiger partial charge on any atom is 0.0927 e. The van der Waals surface area contributed by atoms with Crippen LogP contribution in [0.2, 0.25) is 0 Å². The van der Waals surface area contributed by atoms with E-state index in [1.165, 1.54) is 44.8 Å². The minimum absolute atomic E-state index is 0.989. The zero-order valence-electron chi connectivity index (χ0n) is 19.6. The lowest BCUT2D eigenvalue weighted by atomic mass is 9.87. The van der Waals surface area contributed by atoms with Crippen LogP contribution in [-0.2, 0) is 51.4 Å². The molecular weight excluding hydrogens is 340 g/mol. The van der Waals surface area contributed by atoms with Crippen LogP contribution in [0.15, 0.2) is 0 Å². The zero-order chi connectivity index (χ0) is 20.8. The van der Waals surface area contributed by atoms with E-state index >= 15 is 0 Å². The number of nitrogens with zero attached hydrogens (tertiary/aromatic N) is 2. The molecule has 2 aromatic rings. The Morgan fingerprint density at radius 1 is 0.357 bits per heavy atom. The summed E-state index contributed by atoms with van der Waals surface area (Å²) in [6, 6.07) is 0. The quantitative estimate of drug-likeness (QED) is 0.487. The van der Waals surface area contributed by atoms with Crippen molar-refractivity contribution >= 4 is 0 Å². The van der Waals surface area contributed by atoms with Crippen molar-refractivity contribution in [2.45, 2.75) is 107 Å². The van der Waals surface area contributed by atoms with Crippen LogP contribution in [0, 0.1) is 0 Å². The Labute approximate surface area is 173 Å². The van der Waals surface area contributed by atoms with Crippen molar-refractivity contribution in [2.24, 2.45) is 0 Å². The monoisotopic (exact) mass is 380 g/mol. The van der Waals surface area contributed by atoms with Crippen molar-refractivity contribution < 1.29 is 0 Å². The highest BCUT2D eigenvalue weighted by Crippen LogP contribution is 2.35. The molecule has 2 heterocycles. The number of aromatic nitrogens is 2. The Bertz CT molecular complexity index is 749. The van der Waals surface area contributed by atoms with Gasteiger partial charge in [0.25, 0.3) is 0 Å². The van der Waals surface area contributed by atoms with Crippen LogP contribution in [0.3, 0.4) is 0 Å². The molecule has 0 spiro atoms. The van der Waals surface area contributed by atoms with Gasteiger partial charge in [0.05, 0.1) is 11.4 Å². The molecule has 0 fully saturated rings. The lowest BCUT2D eigenvalue weighted by Crippen LogP contribution is -2.13. The summed E-state index contributed by atoms with van der Waals surface area (Å²) in [4.78, 5) is 10.5. The van der Waals surface area contributed by atoms with Gasteiger partial charge in [-0.05, 0) is 84.7 Å². The predicted molar refractivity (Wildman–Crippen MR) is 122 cm³/mol. The first-order valence-corrected chi connectivity index (χ1v) is 11.6. The molecule has 154 valence electrons. The minimum Gasteiger partial charge on any atom is -0.251 e. The Kier molecular flexibility index (Phi) is 8.22. The molecule has 28 heavy (non-hydrogen) atoms. The molecule has 0 N–H and O–H groups in total. The fourth-order valence-electron chi connectivity index (χ4n) is 4.97. The Balaban J connectivity index is 2.98. The standard InChI is InChI=1S/C26H40N2/c1-9-17-19(11-3)23(15-7)27-25(21(17)13-5)26-22(14-6)18(10-2)20(12-4)24(16-8)28-26/h9-16H2,1-8H3. The molecule has 0 saturated carbocycles. The van der Waals surface area contributed by atoms with Gasteiger partial charge in [-0.25, -0.2) is 0 Å². The first kappa shape index (κ1) is 22.6. The summed E-state index contributed by atoms with van der Waals surface area (Å²) in [5.74, 6) is 0. The van der Waals surface area contributed by atoms with Crippen molar-refractivity contribution in [3.05, 3.63) is 44.8 Å². The van der Waals surface area contributed by atoms with E-state index in [0.717, 1.165) is 62.8 Å². The lowest BCUT2D eigenvalue weighted by molar-refractivity contribution is 0.873. The number of rotatable bonds is 9. The molecule has 2 nitrogen and oxygen atoms in total. The maximum atomic E-state index is 5.26. The van der Waals surface area contributed by atoms with Gasteiger partial charge in [0.1, 0.15) is 0 Å². The summed E-state index contributed by atoms with van der Waals surface area (Å²) in [7, 11) is 0. The van der Waals surface area contributed by atoms with Crippen LogP contribution in [0.25, 0.3) is 11.4 Å². The van der Waals surface area contributed by atoms with Crippen molar-refractivity contribution in [3.8, 4) is 11.4 Å². The molecule has 2 heteroatoms. The second-order valence-corrected chi connectivity index (χ2v) is 7.51. The predicted octanol–water partition coefficient (Wildman–Crippen LogP) is 6.64. The number of hydrogen-bond acceptors (Lipinski definition) is 2. The van der Waals surface area contributed by atoms with Crippen LogP contribution in [0.5, 0.6) is 0 Å². The van der Waals surface area contributed by atoms with Gasteiger partial charge in [0.15, 0.2) is 0 Å². The third-order valence-corrected chi connectivity index (χ3v) is 6.23. The number of hydrogen-bond donors (Lipinski definition) is 0. The van der Waals surface area contributed by atoms with Gasteiger partial charge in [-0.3, -0.25) is 9.97 Å². The van der Waals surface area contributed by atoms with Gasteiger partial charge in [0.2, 0.25) is 0 Å². The van der Waals surface area contributed by atoms with E-state index in [0.29, 0.717) is 0 Å². The van der Waals surface area contributed by atoms with Crippen LogP contribution in [-0.4, -0.2) is 9.97 Å². The van der Waals surface area contributed by atoms with Gasteiger partial charge in [-0.2, -0.15) is 0 Å². The fraction of sp³-hybridized carbons (Fsp3) is 0.615. The minimum atomic E-state index is 0.989. The van der Waals surface area contributed by atoms with E-state index in [1.807, 2.05) is 0 Å². The largest absolute Gasteiger partial charge is 0.251 e. The third kappa shape index (κ3) is 3.88. The average molecular weight is 381 g/mol. The normalized spacial score (nSPS) is 11.3. The highest BCUT2D eigenvalue weighted by Gasteiger charge is 2.23. The molecule has 0 atom stereocenters. The summed E-state index contributed by atoms with van der Waals surface area (Å²) >= 11 is 0. The van der Waals surface area contributed by atoms with E-state index in [4.69, 9.17) is 9.97 Å². The SMILES string of the molecule is CCc1nc(-c2nc(CC)c(CC)c(CC)c2CC)c(CC)c(CC)c1CC. The summed E-state index contributed by atoms with van der Waals surface area (Å²) in [6.07, 6.45) is 8.30. The highest BCUT2D eigenvalue weighted by molar-refractivity contribution is 5.69. The maximum absolute atomic E-state index is 5.26. The molecule has 0 bridgehead atoms. The smallest absolute Gasteiger partial charge is 0.0927 e. The average Bonchev–Trinajstić information content (AvgIpc) is 2.75. The Morgan fingerprint density at radius 3 is 0.857 bits per heavy atom. The summed E-state index contributed by atoms with van der Waals surface area (Å²) < 4.78 is 0. The van der Waals surface area contributed by atoms with Gasteiger partial charge in [-0.1, -0.05) is 55.4 Å². The first-order chi connectivity index (χ1) is 13.6. The van der Waals surface area contributed by atoms with E-state index in [2.05, 4.69) is 55.4 Å². The van der Waals surface area contributed by atoms with Crippen LogP contribution < -0.4 is 0 Å². The molecule has 0 saturated heterocycles. The summed E-state index contributed by atoms with van der Waals surface area (Å²) in [6.45, 7) is 18.1. The summed E-state index contributed by atoms with van der Waals surface area (Å²) in [5.41, 5.74) is 13.7. The van der Waals surface area contributed by atoms with Crippen molar-refractivity contribution in [1.29, 1.82) is 0 Å².